The molecule has 0 saturated heterocycles. The first kappa shape index (κ1) is 14.3. The number of hydrogen-bond donors (Lipinski definition) is 1. The van der Waals surface area contributed by atoms with Gasteiger partial charge in [-0.3, -0.25) is 0 Å². The van der Waals surface area contributed by atoms with E-state index in [0.717, 1.165) is 5.56 Å². The summed E-state index contributed by atoms with van der Waals surface area (Å²) in [5, 5.41) is 13.2. The smallest absolute Gasteiger partial charge is 0.411 e. The third-order valence-corrected chi connectivity index (χ3v) is 2.35. The van der Waals surface area contributed by atoms with Crippen LogP contribution in [0.2, 0.25) is 0 Å². The van der Waals surface area contributed by atoms with Gasteiger partial charge >= 0.3 is 6.18 Å². The maximum Gasteiger partial charge on any atom is 0.411 e. The van der Waals surface area contributed by atoms with Gasteiger partial charge in [0.15, 0.2) is 5.82 Å². The highest BCUT2D eigenvalue weighted by Gasteiger charge is 2.27. The fourth-order valence-electron chi connectivity index (χ4n) is 1.50. The number of aromatic nitrogens is 2. The first-order valence-corrected chi connectivity index (χ1v) is 5.62. The third kappa shape index (κ3) is 3.70. The SMILES string of the molecule is Cc1ccc(-c2nc(COCC(F)(F)F)no2)c(O)c1. The Labute approximate surface area is 112 Å². The van der Waals surface area contributed by atoms with Crippen molar-refractivity contribution in [1.29, 1.82) is 0 Å². The third-order valence-electron chi connectivity index (χ3n) is 2.35. The van der Waals surface area contributed by atoms with Crippen LogP contribution >= 0.6 is 0 Å². The number of benzene rings is 1. The van der Waals surface area contributed by atoms with Crippen molar-refractivity contribution in [3.8, 4) is 17.2 Å². The van der Waals surface area contributed by atoms with Crippen LogP contribution in [0.3, 0.4) is 0 Å². The number of alkyl halides is 3. The Balaban J connectivity index is 2.05. The second kappa shape index (κ2) is 5.49. The maximum absolute atomic E-state index is 11.9. The standard InChI is InChI=1S/C12H11F3N2O3/c1-7-2-3-8(9(18)4-7)11-16-10(17-20-11)5-19-6-12(13,14)15/h2-4,18H,5-6H2,1H3. The van der Waals surface area contributed by atoms with Gasteiger partial charge in [-0.15, -0.1) is 0 Å². The van der Waals surface area contributed by atoms with Crippen LogP contribution in [0.5, 0.6) is 5.75 Å². The van der Waals surface area contributed by atoms with Crippen LogP contribution in [-0.2, 0) is 11.3 Å². The fraction of sp³-hybridized carbons (Fsp3) is 0.333. The van der Waals surface area contributed by atoms with E-state index in [9.17, 15) is 18.3 Å². The Morgan fingerprint density at radius 2 is 2.10 bits per heavy atom. The lowest BCUT2D eigenvalue weighted by Crippen LogP contribution is -2.16. The van der Waals surface area contributed by atoms with E-state index in [1.165, 1.54) is 6.07 Å². The summed E-state index contributed by atoms with van der Waals surface area (Å²) in [6.45, 7) is -0.00396. The van der Waals surface area contributed by atoms with Crippen LogP contribution in [0.1, 0.15) is 11.4 Å². The average Bonchev–Trinajstić information content (AvgIpc) is 2.75. The van der Waals surface area contributed by atoms with Crippen molar-refractivity contribution in [3.63, 3.8) is 0 Å². The number of nitrogens with zero attached hydrogens (tertiary/aromatic N) is 2. The molecule has 0 atom stereocenters. The van der Waals surface area contributed by atoms with Gasteiger partial charge in [-0.2, -0.15) is 18.2 Å². The molecule has 0 unspecified atom stereocenters. The molecule has 0 bridgehead atoms. The summed E-state index contributed by atoms with van der Waals surface area (Å²) in [5.74, 6) is -0.0475. The largest absolute Gasteiger partial charge is 0.507 e. The van der Waals surface area contributed by atoms with Crippen molar-refractivity contribution in [2.24, 2.45) is 0 Å². The Hall–Kier alpha value is -2.09. The van der Waals surface area contributed by atoms with Crippen LogP contribution in [0, 0.1) is 6.92 Å². The molecule has 0 fully saturated rings. The molecule has 1 N–H and O–H groups in total. The number of rotatable bonds is 4. The van der Waals surface area contributed by atoms with Gasteiger partial charge in [0.25, 0.3) is 5.89 Å². The summed E-state index contributed by atoms with van der Waals surface area (Å²) >= 11 is 0. The number of aromatic hydroxyl groups is 1. The summed E-state index contributed by atoms with van der Waals surface area (Å²) in [4.78, 5) is 3.86. The van der Waals surface area contributed by atoms with Gasteiger partial charge in [-0.05, 0) is 24.6 Å². The lowest BCUT2D eigenvalue weighted by atomic mass is 10.1. The van der Waals surface area contributed by atoms with Gasteiger partial charge in [0, 0.05) is 0 Å². The molecule has 108 valence electrons. The Morgan fingerprint density at radius 1 is 1.35 bits per heavy atom. The molecule has 0 aliphatic heterocycles. The fourth-order valence-corrected chi connectivity index (χ4v) is 1.50. The van der Waals surface area contributed by atoms with Crippen LogP contribution < -0.4 is 0 Å². The molecule has 2 rings (SSSR count). The zero-order valence-electron chi connectivity index (χ0n) is 10.4. The van der Waals surface area contributed by atoms with E-state index in [2.05, 4.69) is 14.9 Å². The van der Waals surface area contributed by atoms with E-state index in [0.29, 0.717) is 5.56 Å². The molecule has 1 aromatic carbocycles. The highest BCUT2D eigenvalue weighted by molar-refractivity contribution is 5.62. The van der Waals surface area contributed by atoms with Crippen molar-refractivity contribution in [1.82, 2.24) is 10.1 Å². The van der Waals surface area contributed by atoms with Crippen molar-refractivity contribution >= 4 is 0 Å². The van der Waals surface area contributed by atoms with E-state index >= 15 is 0 Å². The van der Waals surface area contributed by atoms with E-state index in [-0.39, 0.29) is 17.5 Å². The molecule has 20 heavy (non-hydrogen) atoms. The second-order valence-corrected chi connectivity index (χ2v) is 4.14. The molecule has 0 aliphatic rings. The first-order chi connectivity index (χ1) is 9.35. The minimum Gasteiger partial charge on any atom is -0.507 e. The molecule has 1 heterocycles. The van der Waals surface area contributed by atoms with Crippen molar-refractivity contribution < 1.29 is 27.5 Å². The molecular weight excluding hydrogens is 277 g/mol. The number of ether oxygens (including phenoxy) is 1. The summed E-state index contributed by atoms with van der Waals surface area (Å²) in [6, 6.07) is 4.83. The van der Waals surface area contributed by atoms with Crippen molar-refractivity contribution in [3.05, 3.63) is 29.6 Å². The molecule has 0 amide bonds. The van der Waals surface area contributed by atoms with Crippen LogP contribution in [0.25, 0.3) is 11.5 Å². The predicted molar refractivity (Wildman–Crippen MR) is 61.8 cm³/mol. The normalized spacial score (nSPS) is 11.8. The van der Waals surface area contributed by atoms with Gasteiger partial charge in [0.05, 0.1) is 5.56 Å². The van der Waals surface area contributed by atoms with Gasteiger partial charge in [0.2, 0.25) is 0 Å². The van der Waals surface area contributed by atoms with Crippen LogP contribution in [0.15, 0.2) is 22.7 Å². The topological polar surface area (TPSA) is 68.4 Å². The maximum atomic E-state index is 11.9. The van der Waals surface area contributed by atoms with E-state index in [1.807, 2.05) is 0 Å². The molecular formula is C12H11F3N2O3. The molecule has 8 heteroatoms. The zero-order valence-corrected chi connectivity index (χ0v) is 10.4. The molecule has 2 aromatic rings. The molecule has 0 aliphatic carbocycles. The zero-order chi connectivity index (χ0) is 14.8. The Bertz CT molecular complexity index is 596. The van der Waals surface area contributed by atoms with E-state index < -0.39 is 19.4 Å². The van der Waals surface area contributed by atoms with Crippen LogP contribution in [0.4, 0.5) is 13.2 Å². The summed E-state index contributed by atoms with van der Waals surface area (Å²) < 4.78 is 45.0. The molecule has 5 nitrogen and oxygen atoms in total. The van der Waals surface area contributed by atoms with E-state index in [1.54, 1.807) is 19.1 Å². The number of hydrogen-bond acceptors (Lipinski definition) is 5. The molecule has 1 aromatic heterocycles. The quantitative estimate of drug-likeness (QED) is 0.937. The Kier molecular flexibility index (Phi) is 3.93. The predicted octanol–water partition coefficient (Wildman–Crippen LogP) is 2.83. The Morgan fingerprint density at radius 3 is 2.75 bits per heavy atom. The summed E-state index contributed by atoms with van der Waals surface area (Å²) in [6.07, 6.45) is -4.40. The van der Waals surface area contributed by atoms with Gasteiger partial charge in [0.1, 0.15) is 19.0 Å². The summed E-state index contributed by atoms with van der Waals surface area (Å²) in [7, 11) is 0. The minimum absolute atomic E-state index is 0.0214. The highest BCUT2D eigenvalue weighted by atomic mass is 19.4. The first-order valence-electron chi connectivity index (χ1n) is 5.62. The minimum atomic E-state index is -4.40. The average molecular weight is 288 g/mol. The summed E-state index contributed by atoms with van der Waals surface area (Å²) in [5.41, 5.74) is 1.16. The lowest BCUT2D eigenvalue weighted by molar-refractivity contribution is -0.177. The van der Waals surface area contributed by atoms with Gasteiger partial charge in [-0.25, -0.2) is 0 Å². The van der Waals surface area contributed by atoms with Gasteiger partial charge < -0.3 is 14.4 Å². The van der Waals surface area contributed by atoms with Crippen LogP contribution in [-0.4, -0.2) is 28.0 Å². The van der Waals surface area contributed by atoms with Gasteiger partial charge in [-0.1, -0.05) is 11.2 Å². The highest BCUT2D eigenvalue weighted by Crippen LogP contribution is 2.28. The molecule has 0 saturated carbocycles. The number of aryl methyl sites for hydroxylation is 1. The molecule has 0 spiro atoms. The van der Waals surface area contributed by atoms with Crippen molar-refractivity contribution in [2.45, 2.75) is 19.7 Å². The number of halogens is 3. The molecule has 0 radical (unpaired) electrons. The monoisotopic (exact) mass is 288 g/mol. The number of phenols is 1. The van der Waals surface area contributed by atoms with E-state index in [4.69, 9.17) is 4.52 Å². The second-order valence-electron chi connectivity index (χ2n) is 4.14. The lowest BCUT2D eigenvalue weighted by Gasteiger charge is -2.04. The van der Waals surface area contributed by atoms with Crippen molar-refractivity contribution in [2.75, 3.05) is 6.61 Å². The number of phenolic OH excluding ortho intramolecular Hbond substituents is 1.